The van der Waals surface area contributed by atoms with E-state index in [0.29, 0.717) is 5.92 Å². The first-order valence-corrected chi connectivity index (χ1v) is 9.81. The summed E-state index contributed by atoms with van der Waals surface area (Å²) in [5.41, 5.74) is 3.48. The number of nitrogens with zero attached hydrogens (tertiary/aromatic N) is 2. The Morgan fingerprint density at radius 2 is 1.65 bits per heavy atom. The van der Waals surface area contributed by atoms with E-state index in [0.717, 1.165) is 29.6 Å². The smallest absolute Gasteiger partial charge is 0.168 e. The third-order valence-electron chi connectivity index (χ3n) is 4.44. The largest absolute Gasteiger partial charge is 0.390 e. The van der Waals surface area contributed by atoms with Gasteiger partial charge in [0.05, 0.1) is 18.5 Å². The first-order chi connectivity index (χ1) is 12.8. The number of imidazole rings is 1. The van der Waals surface area contributed by atoms with Crippen molar-refractivity contribution in [3.8, 4) is 0 Å². The minimum absolute atomic E-state index is 0.00297. The van der Waals surface area contributed by atoms with Crippen LogP contribution in [-0.4, -0.2) is 20.4 Å². The molecule has 0 aliphatic rings. The lowest BCUT2D eigenvalue weighted by Crippen LogP contribution is -2.10. The van der Waals surface area contributed by atoms with Crippen LogP contribution >= 0.6 is 11.8 Å². The molecular formula is C22H24N2OS. The van der Waals surface area contributed by atoms with Gasteiger partial charge in [-0.1, -0.05) is 78.5 Å². The van der Waals surface area contributed by atoms with Gasteiger partial charge in [-0.3, -0.25) is 0 Å². The summed E-state index contributed by atoms with van der Waals surface area (Å²) < 4.78 is 2.13. The van der Waals surface area contributed by atoms with Crippen molar-refractivity contribution < 1.29 is 5.11 Å². The van der Waals surface area contributed by atoms with Crippen molar-refractivity contribution in [3.05, 3.63) is 96.3 Å². The Kier molecular flexibility index (Phi) is 6.69. The van der Waals surface area contributed by atoms with Gasteiger partial charge in [0.1, 0.15) is 0 Å². The zero-order chi connectivity index (χ0) is 18.2. The SMILES string of the molecule is C=CCSc1ncc(CO)n1CCC(c1ccccc1)c1ccccc1. The summed E-state index contributed by atoms with van der Waals surface area (Å²) >= 11 is 1.65. The van der Waals surface area contributed by atoms with Crippen molar-refractivity contribution in [3.63, 3.8) is 0 Å². The average Bonchev–Trinajstić information content (AvgIpc) is 3.10. The van der Waals surface area contributed by atoms with Gasteiger partial charge in [-0.25, -0.2) is 4.98 Å². The van der Waals surface area contributed by atoms with Crippen LogP contribution in [0.25, 0.3) is 0 Å². The quantitative estimate of drug-likeness (QED) is 0.434. The summed E-state index contributed by atoms with van der Waals surface area (Å²) in [4.78, 5) is 4.47. The van der Waals surface area contributed by atoms with Gasteiger partial charge in [-0.05, 0) is 17.5 Å². The van der Waals surface area contributed by atoms with Crippen molar-refractivity contribution in [1.82, 2.24) is 9.55 Å². The van der Waals surface area contributed by atoms with E-state index in [9.17, 15) is 5.11 Å². The van der Waals surface area contributed by atoms with E-state index in [2.05, 4.69) is 76.8 Å². The molecule has 0 fully saturated rings. The number of aliphatic hydroxyl groups is 1. The maximum Gasteiger partial charge on any atom is 0.168 e. The third-order valence-corrected chi connectivity index (χ3v) is 5.43. The number of hydrogen-bond donors (Lipinski definition) is 1. The molecule has 1 N–H and O–H groups in total. The normalized spacial score (nSPS) is 11.0. The predicted molar refractivity (Wildman–Crippen MR) is 108 cm³/mol. The summed E-state index contributed by atoms with van der Waals surface area (Å²) in [5.74, 6) is 1.12. The molecule has 134 valence electrons. The second-order valence-corrected chi connectivity index (χ2v) is 7.09. The maximum atomic E-state index is 9.67. The van der Waals surface area contributed by atoms with E-state index in [1.165, 1.54) is 11.1 Å². The first kappa shape index (κ1) is 18.5. The van der Waals surface area contributed by atoms with Gasteiger partial charge in [0.2, 0.25) is 0 Å². The van der Waals surface area contributed by atoms with E-state index >= 15 is 0 Å². The highest BCUT2D eigenvalue weighted by Gasteiger charge is 2.16. The lowest BCUT2D eigenvalue weighted by molar-refractivity contribution is 0.268. The third kappa shape index (κ3) is 4.45. The van der Waals surface area contributed by atoms with Crippen LogP contribution in [0, 0.1) is 0 Å². The number of aliphatic hydroxyl groups excluding tert-OH is 1. The highest BCUT2D eigenvalue weighted by Crippen LogP contribution is 2.29. The molecule has 2 aromatic carbocycles. The Morgan fingerprint density at radius 3 is 2.19 bits per heavy atom. The van der Waals surface area contributed by atoms with Gasteiger partial charge >= 0.3 is 0 Å². The standard InChI is InChI=1S/C22H24N2OS/c1-2-15-26-22-23-16-20(17-25)24(22)14-13-21(18-9-5-3-6-10-18)19-11-7-4-8-12-19/h2-12,16,21,25H,1,13-15,17H2. The fourth-order valence-electron chi connectivity index (χ4n) is 3.16. The van der Waals surface area contributed by atoms with Crippen LogP contribution in [0.2, 0.25) is 0 Å². The predicted octanol–water partition coefficient (Wildman–Crippen LogP) is 4.88. The van der Waals surface area contributed by atoms with E-state index < -0.39 is 0 Å². The van der Waals surface area contributed by atoms with E-state index in [1.807, 2.05) is 6.08 Å². The van der Waals surface area contributed by atoms with Crippen LogP contribution in [0.5, 0.6) is 0 Å². The summed E-state index contributed by atoms with van der Waals surface area (Å²) in [6.07, 6.45) is 4.59. The van der Waals surface area contributed by atoms with Gasteiger partial charge in [-0.2, -0.15) is 0 Å². The topological polar surface area (TPSA) is 38.1 Å². The molecule has 26 heavy (non-hydrogen) atoms. The van der Waals surface area contributed by atoms with Crippen molar-refractivity contribution in [2.75, 3.05) is 5.75 Å². The van der Waals surface area contributed by atoms with Gasteiger partial charge in [-0.15, -0.1) is 6.58 Å². The van der Waals surface area contributed by atoms with Crippen molar-refractivity contribution >= 4 is 11.8 Å². The highest BCUT2D eigenvalue weighted by atomic mass is 32.2. The zero-order valence-corrected chi connectivity index (χ0v) is 15.6. The van der Waals surface area contributed by atoms with Gasteiger partial charge in [0, 0.05) is 18.2 Å². The summed E-state index contributed by atoms with van der Waals surface area (Å²) in [6, 6.07) is 21.2. The second kappa shape index (κ2) is 9.41. The van der Waals surface area contributed by atoms with Crippen LogP contribution in [0.4, 0.5) is 0 Å². The molecule has 0 aliphatic carbocycles. The Labute approximate surface area is 159 Å². The van der Waals surface area contributed by atoms with Gasteiger partial charge in [0.15, 0.2) is 5.16 Å². The molecule has 0 saturated carbocycles. The van der Waals surface area contributed by atoms with Crippen molar-refractivity contribution in [2.45, 2.75) is 30.6 Å². The minimum atomic E-state index is 0.00297. The molecule has 0 saturated heterocycles. The molecule has 3 rings (SSSR count). The highest BCUT2D eigenvalue weighted by molar-refractivity contribution is 7.99. The fourth-order valence-corrected chi connectivity index (χ4v) is 3.92. The summed E-state index contributed by atoms with van der Waals surface area (Å²) in [6.45, 7) is 4.59. The Hall–Kier alpha value is -2.30. The van der Waals surface area contributed by atoms with E-state index in [-0.39, 0.29) is 6.61 Å². The Morgan fingerprint density at radius 1 is 1.04 bits per heavy atom. The molecular weight excluding hydrogens is 340 g/mol. The summed E-state index contributed by atoms with van der Waals surface area (Å²) in [5, 5.41) is 10.6. The number of aromatic nitrogens is 2. The molecule has 4 heteroatoms. The minimum Gasteiger partial charge on any atom is -0.390 e. The zero-order valence-electron chi connectivity index (χ0n) is 14.8. The van der Waals surface area contributed by atoms with Crippen LogP contribution in [0.3, 0.4) is 0 Å². The number of rotatable bonds is 9. The molecule has 0 atom stereocenters. The van der Waals surface area contributed by atoms with Crippen LogP contribution in [0.1, 0.15) is 29.2 Å². The number of benzene rings is 2. The van der Waals surface area contributed by atoms with E-state index in [1.54, 1.807) is 18.0 Å². The molecule has 3 aromatic rings. The lowest BCUT2D eigenvalue weighted by atomic mass is 9.88. The molecule has 1 heterocycles. The molecule has 0 aliphatic heterocycles. The van der Waals surface area contributed by atoms with Crippen molar-refractivity contribution in [2.24, 2.45) is 0 Å². The van der Waals surface area contributed by atoms with Crippen molar-refractivity contribution in [1.29, 1.82) is 0 Å². The molecule has 0 unspecified atom stereocenters. The van der Waals surface area contributed by atoms with Crippen LogP contribution in [0.15, 0.2) is 84.7 Å². The Bertz CT molecular complexity index is 775. The van der Waals surface area contributed by atoms with E-state index in [4.69, 9.17) is 0 Å². The molecule has 0 bridgehead atoms. The first-order valence-electron chi connectivity index (χ1n) is 8.82. The fraction of sp³-hybridized carbons (Fsp3) is 0.227. The van der Waals surface area contributed by atoms with Crippen LogP contribution in [-0.2, 0) is 13.2 Å². The lowest BCUT2D eigenvalue weighted by Gasteiger charge is -2.20. The molecule has 0 radical (unpaired) electrons. The summed E-state index contributed by atoms with van der Waals surface area (Å²) in [7, 11) is 0. The van der Waals surface area contributed by atoms with Gasteiger partial charge < -0.3 is 9.67 Å². The van der Waals surface area contributed by atoms with Crippen LogP contribution < -0.4 is 0 Å². The second-order valence-electron chi connectivity index (χ2n) is 6.10. The number of hydrogen-bond acceptors (Lipinski definition) is 3. The maximum absolute atomic E-state index is 9.67. The average molecular weight is 365 g/mol. The van der Waals surface area contributed by atoms with Gasteiger partial charge in [0.25, 0.3) is 0 Å². The Balaban J connectivity index is 1.85. The molecule has 0 spiro atoms. The molecule has 0 amide bonds. The molecule has 1 aromatic heterocycles. The number of thioether (sulfide) groups is 1. The monoisotopic (exact) mass is 364 g/mol. The molecule has 3 nitrogen and oxygen atoms in total.